The largest absolute Gasteiger partial charge is 0.357 e. The van der Waals surface area contributed by atoms with Gasteiger partial charge in [0.05, 0.1) is 0 Å². The Balaban J connectivity index is 2.41. The zero-order valence-electron chi connectivity index (χ0n) is 8.07. The van der Waals surface area contributed by atoms with Crippen LogP contribution >= 0.6 is 11.6 Å². The van der Waals surface area contributed by atoms with Crippen molar-refractivity contribution in [3.63, 3.8) is 0 Å². The van der Waals surface area contributed by atoms with Crippen LogP contribution < -0.4 is 5.73 Å². The molecule has 0 fully saturated rings. The van der Waals surface area contributed by atoms with E-state index in [1.54, 1.807) is 0 Å². The molecule has 2 aromatic heterocycles. The molecule has 0 saturated carbocycles. The molecule has 2 heterocycles. The van der Waals surface area contributed by atoms with Crippen molar-refractivity contribution in [2.45, 2.75) is 6.42 Å². The van der Waals surface area contributed by atoms with Gasteiger partial charge in [0.25, 0.3) is 0 Å². The maximum atomic E-state index is 5.91. The van der Waals surface area contributed by atoms with E-state index in [0.29, 0.717) is 11.7 Å². The number of rotatable bonds is 3. The Hall–Kier alpha value is -1.39. The van der Waals surface area contributed by atoms with Crippen LogP contribution in [0.4, 0.5) is 0 Å². The van der Waals surface area contributed by atoms with Gasteiger partial charge in [-0.25, -0.2) is 9.97 Å². The summed E-state index contributed by atoms with van der Waals surface area (Å²) in [6.07, 6.45) is 8.16. The van der Waals surface area contributed by atoms with Crippen LogP contribution in [0.5, 0.6) is 0 Å². The summed E-state index contributed by atoms with van der Waals surface area (Å²) in [5.41, 5.74) is 8.01. The van der Waals surface area contributed by atoms with Crippen LogP contribution in [0, 0.1) is 0 Å². The summed E-state index contributed by atoms with van der Waals surface area (Å²) >= 11 is 5.91. The molecular formula is C10H11ClN4. The lowest BCUT2D eigenvalue weighted by Gasteiger charge is -1.92. The first kappa shape index (κ1) is 10.1. The van der Waals surface area contributed by atoms with Gasteiger partial charge in [-0.05, 0) is 13.0 Å². The zero-order chi connectivity index (χ0) is 10.7. The highest BCUT2D eigenvalue weighted by Crippen LogP contribution is 2.21. The van der Waals surface area contributed by atoms with Crippen molar-refractivity contribution in [1.29, 1.82) is 0 Å². The second-order valence-corrected chi connectivity index (χ2v) is 3.47. The van der Waals surface area contributed by atoms with E-state index in [0.717, 1.165) is 23.0 Å². The Bertz CT molecular complexity index is 489. The van der Waals surface area contributed by atoms with Crippen LogP contribution in [0.2, 0.25) is 5.15 Å². The van der Waals surface area contributed by atoms with Crippen molar-refractivity contribution in [3.05, 3.63) is 29.3 Å². The minimum atomic E-state index is 0.443. The number of hydrogen-bond donors (Lipinski definition) is 2. The molecule has 0 spiro atoms. The lowest BCUT2D eigenvalue weighted by molar-refractivity contribution is 1.01. The molecule has 2 aromatic rings. The molecule has 15 heavy (non-hydrogen) atoms. The number of nitrogens with zero attached hydrogens (tertiary/aromatic N) is 2. The van der Waals surface area contributed by atoms with Crippen molar-refractivity contribution in [2.24, 2.45) is 5.73 Å². The van der Waals surface area contributed by atoms with Crippen LogP contribution in [0.3, 0.4) is 0 Å². The minimum absolute atomic E-state index is 0.443. The van der Waals surface area contributed by atoms with Crippen molar-refractivity contribution >= 4 is 28.7 Å². The Morgan fingerprint density at radius 1 is 1.47 bits per heavy atom. The summed E-state index contributed by atoms with van der Waals surface area (Å²) in [5, 5.41) is 0.443. The fourth-order valence-electron chi connectivity index (χ4n) is 1.36. The van der Waals surface area contributed by atoms with E-state index in [2.05, 4.69) is 15.0 Å². The number of H-pyrrole nitrogens is 1. The van der Waals surface area contributed by atoms with E-state index in [4.69, 9.17) is 17.3 Å². The Kier molecular flexibility index (Phi) is 2.99. The molecule has 0 saturated heterocycles. The first-order valence-electron chi connectivity index (χ1n) is 4.67. The fraction of sp³-hybridized carbons (Fsp3) is 0.200. The third-order valence-corrected chi connectivity index (χ3v) is 2.36. The van der Waals surface area contributed by atoms with Crippen molar-refractivity contribution in [2.75, 3.05) is 6.54 Å². The number of nitrogens with two attached hydrogens (primary N) is 1. The number of aromatic nitrogens is 3. The summed E-state index contributed by atoms with van der Waals surface area (Å²) in [6, 6.07) is 0. The van der Waals surface area contributed by atoms with E-state index in [9.17, 15) is 0 Å². The topological polar surface area (TPSA) is 67.6 Å². The van der Waals surface area contributed by atoms with Crippen molar-refractivity contribution in [3.8, 4) is 0 Å². The van der Waals surface area contributed by atoms with E-state index in [1.165, 1.54) is 6.33 Å². The highest BCUT2D eigenvalue weighted by Gasteiger charge is 2.05. The van der Waals surface area contributed by atoms with Gasteiger partial charge in [0.1, 0.15) is 17.4 Å². The second-order valence-electron chi connectivity index (χ2n) is 3.11. The van der Waals surface area contributed by atoms with Crippen molar-refractivity contribution < 1.29 is 0 Å². The van der Waals surface area contributed by atoms with Gasteiger partial charge in [-0.1, -0.05) is 23.8 Å². The Morgan fingerprint density at radius 3 is 3.13 bits per heavy atom. The van der Waals surface area contributed by atoms with E-state index < -0.39 is 0 Å². The molecule has 0 aliphatic heterocycles. The molecule has 0 amide bonds. The summed E-state index contributed by atoms with van der Waals surface area (Å²) in [6.45, 7) is 0.647. The van der Waals surface area contributed by atoms with Crippen LogP contribution in [-0.2, 0) is 0 Å². The summed E-state index contributed by atoms with van der Waals surface area (Å²) in [5.74, 6) is 0. The smallest absolute Gasteiger partial charge is 0.156 e. The van der Waals surface area contributed by atoms with Crippen LogP contribution in [0.25, 0.3) is 17.1 Å². The fourth-order valence-corrected chi connectivity index (χ4v) is 1.55. The van der Waals surface area contributed by atoms with Gasteiger partial charge < -0.3 is 10.7 Å². The third-order valence-electron chi connectivity index (χ3n) is 2.08. The normalized spacial score (nSPS) is 11.6. The Morgan fingerprint density at radius 2 is 2.33 bits per heavy atom. The highest BCUT2D eigenvalue weighted by atomic mass is 35.5. The van der Waals surface area contributed by atoms with Gasteiger partial charge in [0.15, 0.2) is 5.15 Å². The molecule has 2 rings (SSSR count). The second kappa shape index (κ2) is 4.42. The molecule has 0 radical (unpaired) electrons. The lowest BCUT2D eigenvalue weighted by Crippen LogP contribution is -1.94. The van der Waals surface area contributed by atoms with Gasteiger partial charge in [-0.15, -0.1) is 0 Å². The van der Waals surface area contributed by atoms with Crippen molar-refractivity contribution in [1.82, 2.24) is 15.0 Å². The Labute approximate surface area is 92.2 Å². The molecule has 78 valence electrons. The average molecular weight is 223 g/mol. The maximum Gasteiger partial charge on any atom is 0.156 e. The van der Waals surface area contributed by atoms with Gasteiger partial charge >= 0.3 is 0 Å². The van der Waals surface area contributed by atoms with Crippen LogP contribution in [0.1, 0.15) is 12.0 Å². The van der Waals surface area contributed by atoms with Crippen LogP contribution in [0.15, 0.2) is 18.6 Å². The first-order valence-corrected chi connectivity index (χ1v) is 5.05. The van der Waals surface area contributed by atoms with Gasteiger partial charge in [0, 0.05) is 11.8 Å². The van der Waals surface area contributed by atoms with Gasteiger partial charge in [-0.3, -0.25) is 0 Å². The number of nitrogens with one attached hydrogen (secondary N) is 1. The molecule has 0 bridgehead atoms. The van der Waals surface area contributed by atoms with Crippen LogP contribution in [-0.4, -0.2) is 21.5 Å². The number of aromatic amines is 1. The first-order chi connectivity index (χ1) is 7.33. The molecule has 3 N–H and O–H groups in total. The number of halogens is 1. The molecule has 0 atom stereocenters. The summed E-state index contributed by atoms with van der Waals surface area (Å²) in [4.78, 5) is 11.1. The predicted molar refractivity (Wildman–Crippen MR) is 61.6 cm³/mol. The molecule has 5 heteroatoms. The van der Waals surface area contributed by atoms with Gasteiger partial charge in [0.2, 0.25) is 0 Å². The zero-order valence-corrected chi connectivity index (χ0v) is 8.83. The summed E-state index contributed by atoms with van der Waals surface area (Å²) in [7, 11) is 0. The quantitative estimate of drug-likeness (QED) is 0.781. The molecule has 0 unspecified atom stereocenters. The molecule has 0 aliphatic carbocycles. The third kappa shape index (κ3) is 2.00. The van der Waals surface area contributed by atoms with E-state index in [-0.39, 0.29) is 0 Å². The predicted octanol–water partition coefficient (Wildman–Crippen LogP) is 1.97. The number of fused-ring (bicyclic) bond motifs is 1. The highest BCUT2D eigenvalue weighted by molar-refractivity contribution is 6.33. The molecular weight excluding hydrogens is 212 g/mol. The molecule has 0 aromatic carbocycles. The minimum Gasteiger partial charge on any atom is -0.357 e. The van der Waals surface area contributed by atoms with E-state index >= 15 is 0 Å². The van der Waals surface area contributed by atoms with Gasteiger partial charge in [-0.2, -0.15) is 0 Å². The maximum absolute atomic E-state index is 5.91. The lowest BCUT2D eigenvalue weighted by atomic mass is 10.2. The van der Waals surface area contributed by atoms with E-state index in [1.807, 2.05) is 18.3 Å². The molecule has 0 aliphatic rings. The summed E-state index contributed by atoms with van der Waals surface area (Å²) < 4.78 is 0. The average Bonchev–Trinajstić information content (AvgIpc) is 2.64. The molecule has 4 nitrogen and oxygen atoms in total. The number of hydrogen-bond acceptors (Lipinski definition) is 3. The SMILES string of the molecule is NCCC=Cc1c[nH]c2c(Cl)ncnc12. The monoisotopic (exact) mass is 222 g/mol. The standard InChI is InChI=1S/C10H11ClN4/c11-10-9-8(14-6-15-10)7(5-13-9)3-1-2-4-12/h1,3,5-6,13H,2,4,12H2.